The predicted octanol–water partition coefficient (Wildman–Crippen LogP) is -0.381. The zero-order valence-electron chi connectivity index (χ0n) is 11.2. The van der Waals surface area contributed by atoms with Crippen molar-refractivity contribution in [3.63, 3.8) is 0 Å². The van der Waals surface area contributed by atoms with E-state index in [-0.39, 0.29) is 18.4 Å². The molecule has 0 aliphatic heterocycles. The van der Waals surface area contributed by atoms with Crippen molar-refractivity contribution in [2.24, 2.45) is 11.8 Å². The molecule has 20 heavy (non-hydrogen) atoms. The highest BCUT2D eigenvalue weighted by molar-refractivity contribution is 5.41. The van der Waals surface area contributed by atoms with Crippen LogP contribution in [0.4, 0.5) is 0 Å². The van der Waals surface area contributed by atoms with Gasteiger partial charge < -0.3 is 15.3 Å². The molecular weight excluding hydrogens is 252 g/mol. The summed E-state index contributed by atoms with van der Waals surface area (Å²) >= 11 is 0. The van der Waals surface area contributed by atoms with Crippen LogP contribution in [0.25, 0.3) is 0 Å². The maximum Gasteiger partial charge on any atom is 0.0851 e. The molecule has 0 amide bonds. The summed E-state index contributed by atoms with van der Waals surface area (Å²) in [6.45, 7) is 1.85. The predicted molar refractivity (Wildman–Crippen MR) is 77.4 cm³/mol. The summed E-state index contributed by atoms with van der Waals surface area (Å²) in [4.78, 5) is 0. The molecule has 1 fully saturated rings. The molecule has 0 aromatic heterocycles. The van der Waals surface area contributed by atoms with Crippen LogP contribution in [0.1, 0.15) is 13.3 Å². The summed E-state index contributed by atoms with van der Waals surface area (Å²) in [6, 6.07) is 0. The van der Waals surface area contributed by atoms with Gasteiger partial charge in [0.1, 0.15) is 0 Å². The zero-order valence-corrected chi connectivity index (χ0v) is 11.2. The quantitative estimate of drug-likeness (QED) is 0.568. The Morgan fingerprint density at radius 1 is 0.900 bits per heavy atom. The number of rotatable bonds is 1. The minimum absolute atomic E-state index is 0.0252. The molecule has 3 N–H and O–H groups in total. The standard InChI is InChI=1S/C10H2.C7H14O3/c1-3-5-7-9-10-8-6-4-2;1-4-2-5(3-8)7(10)6(4)9/h1-2H;4-10H,2-3H2,1H3/t;4-,5-,6+,7-/m.0/s1. The Kier molecular flexibility index (Phi) is 9.36. The van der Waals surface area contributed by atoms with Crippen LogP contribution in [0, 0.1) is 72.0 Å². The molecule has 0 unspecified atom stereocenters. The van der Waals surface area contributed by atoms with E-state index in [1.807, 2.05) is 6.92 Å². The summed E-state index contributed by atoms with van der Waals surface area (Å²) in [5.41, 5.74) is 0. The smallest absolute Gasteiger partial charge is 0.0851 e. The first-order valence-electron chi connectivity index (χ1n) is 5.96. The molecule has 0 bridgehead atoms. The highest BCUT2D eigenvalue weighted by Gasteiger charge is 2.38. The van der Waals surface area contributed by atoms with Crippen LogP contribution in [0.5, 0.6) is 0 Å². The monoisotopic (exact) mass is 268 g/mol. The van der Waals surface area contributed by atoms with E-state index in [4.69, 9.17) is 18.0 Å². The van der Waals surface area contributed by atoms with Crippen LogP contribution >= 0.6 is 0 Å². The molecule has 1 aliphatic rings. The van der Waals surface area contributed by atoms with E-state index in [0.717, 1.165) is 6.42 Å². The molecule has 4 atom stereocenters. The van der Waals surface area contributed by atoms with Crippen LogP contribution in [-0.4, -0.2) is 34.1 Å². The third-order valence-corrected chi connectivity index (χ3v) is 2.78. The molecule has 0 aromatic carbocycles. The molecule has 102 valence electrons. The van der Waals surface area contributed by atoms with Crippen molar-refractivity contribution < 1.29 is 15.3 Å². The van der Waals surface area contributed by atoms with Crippen molar-refractivity contribution in [3.8, 4) is 60.2 Å². The largest absolute Gasteiger partial charge is 0.396 e. The summed E-state index contributed by atoms with van der Waals surface area (Å²) in [5.74, 6) is 18.4. The summed E-state index contributed by atoms with van der Waals surface area (Å²) < 4.78 is 0. The first kappa shape index (κ1) is 17.7. The maximum atomic E-state index is 9.22. The van der Waals surface area contributed by atoms with Crippen LogP contribution in [0.3, 0.4) is 0 Å². The van der Waals surface area contributed by atoms with Gasteiger partial charge in [-0.15, -0.1) is 12.8 Å². The lowest BCUT2D eigenvalue weighted by Gasteiger charge is -2.13. The zero-order chi connectivity index (χ0) is 15.4. The summed E-state index contributed by atoms with van der Waals surface area (Å²) in [7, 11) is 0. The number of hydrogen-bond donors (Lipinski definition) is 3. The van der Waals surface area contributed by atoms with Crippen molar-refractivity contribution in [1.29, 1.82) is 0 Å². The van der Waals surface area contributed by atoms with Crippen molar-refractivity contribution in [2.45, 2.75) is 25.6 Å². The molecule has 3 heteroatoms. The van der Waals surface area contributed by atoms with Crippen molar-refractivity contribution >= 4 is 0 Å². The van der Waals surface area contributed by atoms with E-state index in [2.05, 4.69) is 47.4 Å². The first-order chi connectivity index (χ1) is 9.58. The number of aliphatic hydroxyl groups is 3. The van der Waals surface area contributed by atoms with Gasteiger partial charge in [0.05, 0.1) is 12.2 Å². The van der Waals surface area contributed by atoms with E-state index in [1.54, 1.807) is 0 Å². The molecule has 0 saturated heterocycles. The Labute approximate surface area is 120 Å². The van der Waals surface area contributed by atoms with E-state index >= 15 is 0 Å². The molecule has 1 aliphatic carbocycles. The highest BCUT2D eigenvalue weighted by atomic mass is 16.3. The lowest BCUT2D eigenvalue weighted by molar-refractivity contribution is -0.00366. The second-order valence-corrected chi connectivity index (χ2v) is 4.18. The van der Waals surface area contributed by atoms with E-state index in [0.29, 0.717) is 0 Å². The van der Waals surface area contributed by atoms with Gasteiger partial charge in [0.15, 0.2) is 0 Å². The highest BCUT2D eigenvalue weighted by Crippen LogP contribution is 2.30. The fourth-order valence-electron chi connectivity index (χ4n) is 1.75. The van der Waals surface area contributed by atoms with Crippen LogP contribution < -0.4 is 0 Å². The molecule has 3 nitrogen and oxygen atoms in total. The first-order valence-corrected chi connectivity index (χ1v) is 5.96. The molecule has 1 saturated carbocycles. The topological polar surface area (TPSA) is 60.7 Å². The Balaban J connectivity index is 0.000000361. The van der Waals surface area contributed by atoms with Gasteiger partial charge in [0, 0.05) is 12.5 Å². The maximum absolute atomic E-state index is 9.22. The molecule has 0 heterocycles. The lowest BCUT2D eigenvalue weighted by atomic mass is 10.1. The molecule has 0 aromatic rings. The Morgan fingerprint density at radius 3 is 1.60 bits per heavy atom. The second kappa shape index (κ2) is 10.6. The minimum Gasteiger partial charge on any atom is -0.396 e. The average Bonchev–Trinajstić information content (AvgIpc) is 2.70. The van der Waals surface area contributed by atoms with Gasteiger partial charge >= 0.3 is 0 Å². The van der Waals surface area contributed by atoms with E-state index in [9.17, 15) is 10.2 Å². The molecule has 0 radical (unpaired) electrons. The average molecular weight is 268 g/mol. The number of hydrogen-bond acceptors (Lipinski definition) is 3. The third kappa shape index (κ3) is 6.57. The van der Waals surface area contributed by atoms with E-state index < -0.39 is 12.2 Å². The Hall–Kier alpha value is -2.32. The van der Waals surface area contributed by atoms with Crippen molar-refractivity contribution in [3.05, 3.63) is 0 Å². The Morgan fingerprint density at radius 2 is 1.35 bits per heavy atom. The van der Waals surface area contributed by atoms with Gasteiger partial charge in [0.2, 0.25) is 0 Å². The van der Waals surface area contributed by atoms with Crippen molar-refractivity contribution in [1.82, 2.24) is 0 Å². The SMILES string of the molecule is C#CC#CC#CC#CC#C.C[C@H]1C[C@@H](CO)[C@H](O)[C@@H]1O. The van der Waals surface area contributed by atoms with Crippen LogP contribution in [0.2, 0.25) is 0 Å². The Bertz CT molecular complexity index is 522. The van der Waals surface area contributed by atoms with Crippen LogP contribution in [-0.2, 0) is 0 Å². The molecule has 0 spiro atoms. The van der Waals surface area contributed by atoms with Gasteiger partial charge in [0.25, 0.3) is 0 Å². The fourth-order valence-corrected chi connectivity index (χ4v) is 1.75. The van der Waals surface area contributed by atoms with Gasteiger partial charge in [-0.1, -0.05) is 6.92 Å². The fraction of sp³-hybridized carbons (Fsp3) is 0.412. The summed E-state index contributed by atoms with van der Waals surface area (Å²) in [6.07, 6.45) is 8.98. The van der Waals surface area contributed by atoms with Gasteiger partial charge in [-0.3, -0.25) is 0 Å². The molecule has 1 rings (SSSR count). The number of aliphatic hydroxyl groups excluding tert-OH is 3. The summed E-state index contributed by atoms with van der Waals surface area (Å²) in [5, 5.41) is 27.1. The van der Waals surface area contributed by atoms with Gasteiger partial charge in [-0.05, 0) is 59.7 Å². The van der Waals surface area contributed by atoms with E-state index in [1.165, 1.54) is 0 Å². The second-order valence-electron chi connectivity index (χ2n) is 4.18. The van der Waals surface area contributed by atoms with Crippen LogP contribution in [0.15, 0.2) is 0 Å². The normalized spacial score (nSPS) is 25.7. The van der Waals surface area contributed by atoms with Gasteiger partial charge in [-0.25, -0.2) is 0 Å². The third-order valence-electron chi connectivity index (χ3n) is 2.78. The number of terminal acetylenes is 2. The van der Waals surface area contributed by atoms with Crippen molar-refractivity contribution in [2.75, 3.05) is 6.61 Å². The molecular formula is C17H16O3. The van der Waals surface area contributed by atoms with Gasteiger partial charge in [-0.2, -0.15) is 0 Å². The lowest BCUT2D eigenvalue weighted by Crippen LogP contribution is -2.28. The minimum atomic E-state index is -0.722.